The Morgan fingerprint density at radius 2 is 1.87 bits per heavy atom. The highest BCUT2D eigenvalue weighted by Crippen LogP contribution is 2.28. The van der Waals surface area contributed by atoms with E-state index >= 15 is 0 Å². The molecule has 5 nitrogen and oxygen atoms in total. The molecule has 0 aromatic heterocycles. The maximum Gasteiger partial charge on any atom is 0.258 e. The lowest BCUT2D eigenvalue weighted by molar-refractivity contribution is -0.124. The summed E-state index contributed by atoms with van der Waals surface area (Å²) in [5.74, 6) is 1.05. The van der Waals surface area contributed by atoms with E-state index in [0.29, 0.717) is 17.5 Å². The van der Waals surface area contributed by atoms with E-state index in [0.717, 1.165) is 12.1 Å². The Balaban J connectivity index is 0.00000484. The van der Waals surface area contributed by atoms with Crippen LogP contribution in [0.15, 0.2) is 18.2 Å². The summed E-state index contributed by atoms with van der Waals surface area (Å²) in [7, 11) is 1.59. The second-order valence-corrected chi connectivity index (χ2v) is 6.61. The number of ether oxygens (including phenoxy) is 2. The Labute approximate surface area is 145 Å². The van der Waals surface area contributed by atoms with E-state index in [1.807, 2.05) is 39.0 Å². The highest BCUT2D eigenvalue weighted by atomic mass is 35.5. The smallest absolute Gasteiger partial charge is 0.258 e. The van der Waals surface area contributed by atoms with E-state index in [-0.39, 0.29) is 30.5 Å². The normalized spacial score (nSPS) is 10.9. The number of benzene rings is 1. The molecule has 1 amide bonds. The molecule has 0 saturated carbocycles. The number of amides is 1. The topological polar surface area (TPSA) is 59.6 Å². The van der Waals surface area contributed by atoms with Crippen molar-refractivity contribution in [3.8, 4) is 11.5 Å². The Morgan fingerprint density at radius 1 is 1.22 bits per heavy atom. The Morgan fingerprint density at radius 3 is 2.39 bits per heavy atom. The number of rotatable bonds is 7. The van der Waals surface area contributed by atoms with Crippen molar-refractivity contribution in [1.29, 1.82) is 0 Å². The van der Waals surface area contributed by atoms with Gasteiger partial charge < -0.3 is 20.1 Å². The Hall–Kier alpha value is -1.46. The molecule has 1 rings (SSSR count). The van der Waals surface area contributed by atoms with E-state index in [1.165, 1.54) is 0 Å². The van der Waals surface area contributed by atoms with Crippen LogP contribution in [0.5, 0.6) is 11.5 Å². The molecule has 0 radical (unpaired) electrons. The third-order valence-corrected chi connectivity index (χ3v) is 2.82. The first-order valence-electron chi connectivity index (χ1n) is 7.55. The van der Waals surface area contributed by atoms with Gasteiger partial charge in [0, 0.05) is 18.1 Å². The molecule has 0 aliphatic rings. The van der Waals surface area contributed by atoms with Crippen molar-refractivity contribution >= 4 is 18.3 Å². The predicted molar refractivity (Wildman–Crippen MR) is 95.6 cm³/mol. The number of nitrogens with one attached hydrogen (secondary N) is 2. The Bertz CT molecular complexity index is 499. The second-order valence-electron chi connectivity index (χ2n) is 6.61. The van der Waals surface area contributed by atoms with Crippen molar-refractivity contribution in [3.05, 3.63) is 23.8 Å². The minimum absolute atomic E-state index is 0. The number of halogens is 1. The standard InChI is InChI=1S/C17H28N2O3.ClH/c1-12(2)18-10-13-7-8-14(15(9-13)21-6)22-11-16(20)19-17(3,4)5;/h7-9,12,18H,10-11H2,1-6H3,(H,19,20);1H. The zero-order chi connectivity index (χ0) is 16.8. The van der Waals surface area contributed by atoms with Gasteiger partial charge in [0.15, 0.2) is 18.1 Å². The molecule has 23 heavy (non-hydrogen) atoms. The number of carbonyl (C=O) groups is 1. The molecule has 2 N–H and O–H groups in total. The molecular weight excluding hydrogens is 316 g/mol. The van der Waals surface area contributed by atoms with E-state index in [1.54, 1.807) is 7.11 Å². The van der Waals surface area contributed by atoms with Gasteiger partial charge in [0.1, 0.15) is 0 Å². The van der Waals surface area contributed by atoms with Crippen LogP contribution in [0.1, 0.15) is 40.2 Å². The number of hydrogen-bond donors (Lipinski definition) is 2. The van der Waals surface area contributed by atoms with Gasteiger partial charge in [0.05, 0.1) is 7.11 Å². The summed E-state index contributed by atoms with van der Waals surface area (Å²) in [5.41, 5.74) is 0.841. The number of carbonyl (C=O) groups excluding carboxylic acids is 1. The van der Waals surface area contributed by atoms with Crippen LogP contribution in [0.4, 0.5) is 0 Å². The van der Waals surface area contributed by atoms with Crippen LogP contribution in [0, 0.1) is 0 Å². The van der Waals surface area contributed by atoms with Gasteiger partial charge in [0.2, 0.25) is 0 Å². The molecule has 0 unspecified atom stereocenters. The van der Waals surface area contributed by atoms with Gasteiger partial charge in [-0.05, 0) is 38.5 Å². The highest BCUT2D eigenvalue weighted by molar-refractivity contribution is 5.85. The van der Waals surface area contributed by atoms with Crippen molar-refractivity contribution in [2.75, 3.05) is 13.7 Å². The molecule has 132 valence electrons. The van der Waals surface area contributed by atoms with E-state index in [9.17, 15) is 4.79 Å². The second kappa shape index (κ2) is 9.63. The average Bonchev–Trinajstić information content (AvgIpc) is 2.41. The molecule has 6 heteroatoms. The van der Waals surface area contributed by atoms with Gasteiger partial charge in [-0.2, -0.15) is 0 Å². The lowest BCUT2D eigenvalue weighted by atomic mass is 10.1. The molecule has 0 fully saturated rings. The fraction of sp³-hybridized carbons (Fsp3) is 0.588. The summed E-state index contributed by atoms with van der Waals surface area (Å²) in [4.78, 5) is 11.8. The van der Waals surface area contributed by atoms with Crippen molar-refractivity contribution in [1.82, 2.24) is 10.6 Å². The monoisotopic (exact) mass is 344 g/mol. The van der Waals surface area contributed by atoms with Gasteiger partial charge in [-0.3, -0.25) is 4.79 Å². The lowest BCUT2D eigenvalue weighted by Gasteiger charge is -2.20. The molecule has 0 bridgehead atoms. The molecule has 0 heterocycles. The molecule has 0 spiro atoms. The molecule has 0 aliphatic heterocycles. The zero-order valence-corrected chi connectivity index (χ0v) is 15.7. The van der Waals surface area contributed by atoms with Crippen LogP contribution in [-0.2, 0) is 11.3 Å². The molecule has 1 aromatic rings. The first-order valence-corrected chi connectivity index (χ1v) is 7.55. The lowest BCUT2D eigenvalue weighted by Crippen LogP contribution is -2.43. The summed E-state index contributed by atoms with van der Waals surface area (Å²) in [5, 5.41) is 6.20. The SMILES string of the molecule is COc1cc(CNC(C)C)ccc1OCC(=O)NC(C)(C)C.Cl. The van der Waals surface area contributed by atoms with Gasteiger partial charge in [-0.1, -0.05) is 19.9 Å². The minimum atomic E-state index is -0.267. The van der Waals surface area contributed by atoms with E-state index in [4.69, 9.17) is 9.47 Å². The van der Waals surface area contributed by atoms with Gasteiger partial charge >= 0.3 is 0 Å². The van der Waals surface area contributed by atoms with Crippen molar-refractivity contribution in [2.24, 2.45) is 0 Å². The average molecular weight is 345 g/mol. The quantitative estimate of drug-likeness (QED) is 0.798. The fourth-order valence-corrected chi connectivity index (χ4v) is 1.86. The maximum atomic E-state index is 11.8. The van der Waals surface area contributed by atoms with Crippen molar-refractivity contribution in [2.45, 2.75) is 52.7 Å². The molecular formula is C17H29ClN2O3. The van der Waals surface area contributed by atoms with Gasteiger partial charge in [-0.25, -0.2) is 0 Å². The van der Waals surface area contributed by atoms with Gasteiger partial charge in [0.25, 0.3) is 5.91 Å². The van der Waals surface area contributed by atoms with Crippen LogP contribution in [0.3, 0.4) is 0 Å². The predicted octanol–water partition coefficient (Wildman–Crippen LogP) is 2.91. The third-order valence-electron chi connectivity index (χ3n) is 2.82. The molecule has 0 saturated heterocycles. The first kappa shape index (κ1) is 21.5. The van der Waals surface area contributed by atoms with Crippen LogP contribution >= 0.6 is 12.4 Å². The molecule has 0 aliphatic carbocycles. The third kappa shape index (κ3) is 8.67. The fourth-order valence-electron chi connectivity index (χ4n) is 1.86. The largest absolute Gasteiger partial charge is 0.493 e. The summed E-state index contributed by atoms with van der Waals surface area (Å²) < 4.78 is 10.9. The molecule has 0 atom stereocenters. The number of hydrogen-bond acceptors (Lipinski definition) is 4. The Kier molecular flexibility index (Phi) is 9.02. The molecule has 1 aromatic carbocycles. The summed E-state index contributed by atoms with van der Waals surface area (Å²) in [6.45, 7) is 10.7. The van der Waals surface area contributed by atoms with Crippen LogP contribution in [0.2, 0.25) is 0 Å². The summed E-state index contributed by atoms with van der Waals surface area (Å²) in [6, 6.07) is 6.14. The summed E-state index contributed by atoms with van der Waals surface area (Å²) >= 11 is 0. The van der Waals surface area contributed by atoms with Gasteiger partial charge in [-0.15, -0.1) is 12.4 Å². The van der Waals surface area contributed by atoms with Crippen LogP contribution in [-0.4, -0.2) is 31.2 Å². The van der Waals surface area contributed by atoms with Crippen LogP contribution < -0.4 is 20.1 Å². The minimum Gasteiger partial charge on any atom is -0.493 e. The van der Waals surface area contributed by atoms with Crippen molar-refractivity contribution < 1.29 is 14.3 Å². The first-order chi connectivity index (χ1) is 10.2. The highest BCUT2D eigenvalue weighted by Gasteiger charge is 2.15. The number of methoxy groups -OCH3 is 1. The van der Waals surface area contributed by atoms with Crippen LogP contribution in [0.25, 0.3) is 0 Å². The van der Waals surface area contributed by atoms with E-state index < -0.39 is 0 Å². The summed E-state index contributed by atoms with van der Waals surface area (Å²) in [6.07, 6.45) is 0. The zero-order valence-electron chi connectivity index (χ0n) is 14.9. The maximum absolute atomic E-state index is 11.8. The van der Waals surface area contributed by atoms with E-state index in [2.05, 4.69) is 24.5 Å². The van der Waals surface area contributed by atoms with Crippen molar-refractivity contribution in [3.63, 3.8) is 0 Å².